The largest absolute Gasteiger partial charge is 0.454 e. The van der Waals surface area contributed by atoms with Crippen LogP contribution in [-0.2, 0) is 16.0 Å². The first-order valence-electron chi connectivity index (χ1n) is 7.88. The number of carbonyl (C=O) groups excluding carboxylic acids is 1. The zero-order valence-corrected chi connectivity index (χ0v) is 14.2. The number of hydrogen-bond donors (Lipinski definition) is 0. The van der Waals surface area contributed by atoms with Crippen LogP contribution in [0.4, 0.5) is 0 Å². The summed E-state index contributed by atoms with van der Waals surface area (Å²) in [6.45, 7) is 3.85. The maximum absolute atomic E-state index is 12.8. The van der Waals surface area contributed by atoms with Gasteiger partial charge in [-0.3, -0.25) is 4.79 Å². The number of carbonyl (C=O) groups is 1. The molecular weight excluding hydrogens is 328 g/mol. The maximum Gasteiger partial charge on any atom is 0.231 e. The van der Waals surface area contributed by atoms with Crippen molar-refractivity contribution in [2.45, 2.75) is 19.4 Å². The zero-order valence-electron chi connectivity index (χ0n) is 13.4. The lowest BCUT2D eigenvalue weighted by atomic mass is 10.1. The summed E-state index contributed by atoms with van der Waals surface area (Å²) in [6.07, 6.45) is 0.330. The van der Waals surface area contributed by atoms with Crippen LogP contribution in [0.2, 0.25) is 0 Å². The summed E-state index contributed by atoms with van der Waals surface area (Å²) in [5, 5.41) is 3.01. The molecule has 2 aliphatic heterocycles. The summed E-state index contributed by atoms with van der Waals surface area (Å²) in [6, 6.07) is 5.53. The second-order valence-electron chi connectivity index (χ2n) is 5.83. The molecule has 126 valence electrons. The Bertz CT molecular complexity index is 761. The molecule has 1 saturated heterocycles. The van der Waals surface area contributed by atoms with Crippen LogP contribution in [-0.4, -0.2) is 42.3 Å². The van der Waals surface area contributed by atoms with Gasteiger partial charge in [0.2, 0.25) is 12.7 Å². The minimum absolute atomic E-state index is 0.0767. The molecule has 1 amide bonds. The number of hydrogen-bond acceptors (Lipinski definition) is 6. The van der Waals surface area contributed by atoms with Crippen molar-refractivity contribution in [2.24, 2.45) is 0 Å². The molecule has 7 heteroatoms. The van der Waals surface area contributed by atoms with E-state index >= 15 is 0 Å². The Hall–Kier alpha value is -2.12. The number of nitrogens with zero attached hydrogens (tertiary/aromatic N) is 2. The zero-order chi connectivity index (χ0) is 16.5. The van der Waals surface area contributed by atoms with Crippen molar-refractivity contribution in [2.75, 3.05) is 26.6 Å². The first-order chi connectivity index (χ1) is 11.7. The SMILES string of the molecule is Cc1nc(C2COCCN2C(=O)Cc2ccc3c(c2)OCO3)cs1. The number of aryl methyl sites for hydroxylation is 1. The lowest BCUT2D eigenvalue weighted by Crippen LogP contribution is -2.44. The van der Waals surface area contributed by atoms with Gasteiger partial charge >= 0.3 is 0 Å². The molecule has 0 radical (unpaired) electrons. The lowest BCUT2D eigenvalue weighted by molar-refractivity contribution is -0.139. The van der Waals surface area contributed by atoms with Crippen LogP contribution in [0.1, 0.15) is 22.3 Å². The minimum atomic E-state index is -0.106. The Morgan fingerprint density at radius 1 is 1.38 bits per heavy atom. The van der Waals surface area contributed by atoms with Crippen molar-refractivity contribution < 1.29 is 19.0 Å². The number of aromatic nitrogens is 1. The van der Waals surface area contributed by atoms with Crippen LogP contribution in [0.3, 0.4) is 0 Å². The number of benzene rings is 1. The summed E-state index contributed by atoms with van der Waals surface area (Å²) in [7, 11) is 0. The maximum atomic E-state index is 12.8. The number of thiazole rings is 1. The van der Waals surface area contributed by atoms with Gasteiger partial charge in [0.15, 0.2) is 11.5 Å². The summed E-state index contributed by atoms with van der Waals surface area (Å²) >= 11 is 1.59. The second kappa shape index (κ2) is 6.41. The molecule has 2 aliphatic rings. The van der Waals surface area contributed by atoms with Crippen molar-refractivity contribution in [3.05, 3.63) is 39.8 Å². The molecule has 1 fully saturated rings. The smallest absolute Gasteiger partial charge is 0.231 e. The van der Waals surface area contributed by atoms with Crippen molar-refractivity contribution >= 4 is 17.2 Å². The monoisotopic (exact) mass is 346 g/mol. The Balaban J connectivity index is 1.51. The van der Waals surface area contributed by atoms with Gasteiger partial charge in [-0.2, -0.15) is 0 Å². The van der Waals surface area contributed by atoms with Gasteiger partial charge in [-0.25, -0.2) is 4.98 Å². The number of fused-ring (bicyclic) bond motifs is 1. The van der Waals surface area contributed by atoms with Gasteiger partial charge in [0.25, 0.3) is 0 Å². The highest BCUT2D eigenvalue weighted by Crippen LogP contribution is 2.33. The van der Waals surface area contributed by atoms with Crippen molar-refractivity contribution in [1.82, 2.24) is 9.88 Å². The van der Waals surface area contributed by atoms with Gasteiger partial charge in [-0.1, -0.05) is 6.07 Å². The number of ether oxygens (including phenoxy) is 3. The summed E-state index contributed by atoms with van der Waals surface area (Å²) in [4.78, 5) is 19.2. The molecule has 3 heterocycles. The van der Waals surface area contributed by atoms with Crippen LogP contribution < -0.4 is 9.47 Å². The second-order valence-corrected chi connectivity index (χ2v) is 6.90. The molecule has 24 heavy (non-hydrogen) atoms. The molecule has 4 rings (SSSR count). The molecular formula is C17H18N2O4S. The van der Waals surface area contributed by atoms with E-state index in [2.05, 4.69) is 4.98 Å². The van der Waals surface area contributed by atoms with Crippen molar-refractivity contribution in [1.29, 1.82) is 0 Å². The van der Waals surface area contributed by atoms with Gasteiger partial charge < -0.3 is 19.1 Å². The predicted molar refractivity (Wildman–Crippen MR) is 88.4 cm³/mol. The van der Waals surface area contributed by atoms with Gasteiger partial charge in [-0.05, 0) is 24.6 Å². The van der Waals surface area contributed by atoms with E-state index in [1.807, 2.05) is 35.4 Å². The van der Waals surface area contributed by atoms with Crippen LogP contribution in [0, 0.1) is 6.92 Å². The third kappa shape index (κ3) is 2.97. The molecule has 6 nitrogen and oxygen atoms in total. The summed E-state index contributed by atoms with van der Waals surface area (Å²) in [5.41, 5.74) is 1.83. The fourth-order valence-electron chi connectivity index (χ4n) is 3.01. The van der Waals surface area contributed by atoms with Crippen molar-refractivity contribution in [3.8, 4) is 11.5 Å². The quantitative estimate of drug-likeness (QED) is 0.854. The van der Waals surface area contributed by atoms with Crippen LogP contribution in [0.5, 0.6) is 11.5 Å². The van der Waals surface area contributed by atoms with E-state index in [0.29, 0.717) is 31.9 Å². The molecule has 1 aromatic heterocycles. The molecule has 2 aromatic rings. The van der Waals surface area contributed by atoms with E-state index < -0.39 is 0 Å². The summed E-state index contributed by atoms with van der Waals surface area (Å²) < 4.78 is 16.3. The Morgan fingerprint density at radius 3 is 3.08 bits per heavy atom. The van der Waals surface area contributed by atoms with Crippen LogP contribution in [0.25, 0.3) is 0 Å². The minimum Gasteiger partial charge on any atom is -0.454 e. The molecule has 0 bridgehead atoms. The van der Waals surface area contributed by atoms with E-state index in [4.69, 9.17) is 14.2 Å². The van der Waals surface area contributed by atoms with Gasteiger partial charge in [0.1, 0.15) is 0 Å². The lowest BCUT2D eigenvalue weighted by Gasteiger charge is -2.34. The molecule has 0 spiro atoms. The third-order valence-electron chi connectivity index (χ3n) is 4.22. The topological polar surface area (TPSA) is 60.9 Å². The number of morpholine rings is 1. The van der Waals surface area contributed by atoms with E-state index in [9.17, 15) is 4.79 Å². The fraction of sp³-hybridized carbons (Fsp3) is 0.412. The Kier molecular flexibility index (Phi) is 4.12. The fourth-order valence-corrected chi connectivity index (χ4v) is 3.67. The molecule has 1 atom stereocenters. The molecule has 1 unspecified atom stereocenters. The highest BCUT2D eigenvalue weighted by molar-refractivity contribution is 7.09. The molecule has 0 N–H and O–H groups in total. The van der Waals surface area contributed by atoms with E-state index in [1.165, 1.54) is 0 Å². The highest BCUT2D eigenvalue weighted by atomic mass is 32.1. The number of rotatable bonds is 3. The van der Waals surface area contributed by atoms with Gasteiger partial charge in [-0.15, -0.1) is 11.3 Å². The first kappa shape index (κ1) is 15.4. The van der Waals surface area contributed by atoms with E-state index in [0.717, 1.165) is 22.0 Å². The van der Waals surface area contributed by atoms with Gasteiger partial charge in [0.05, 0.1) is 36.4 Å². The van der Waals surface area contributed by atoms with Gasteiger partial charge in [0, 0.05) is 11.9 Å². The summed E-state index contributed by atoms with van der Waals surface area (Å²) in [5.74, 6) is 1.51. The highest BCUT2D eigenvalue weighted by Gasteiger charge is 2.30. The molecule has 1 aromatic carbocycles. The average molecular weight is 346 g/mol. The van der Waals surface area contributed by atoms with E-state index in [-0.39, 0.29) is 18.7 Å². The standard InChI is InChI=1S/C17H18N2O4S/c1-11-18-13(9-24-11)14-8-21-5-4-19(14)17(20)7-12-2-3-15-16(6-12)23-10-22-15/h2-3,6,9,14H,4-5,7-8,10H2,1H3. The number of amides is 1. The molecule has 0 aliphatic carbocycles. The van der Waals surface area contributed by atoms with Crippen LogP contribution >= 0.6 is 11.3 Å². The van der Waals surface area contributed by atoms with E-state index in [1.54, 1.807) is 11.3 Å². The van der Waals surface area contributed by atoms with Crippen LogP contribution in [0.15, 0.2) is 23.6 Å². The third-order valence-corrected chi connectivity index (χ3v) is 5.01. The molecule has 0 saturated carbocycles. The first-order valence-corrected chi connectivity index (χ1v) is 8.76. The average Bonchev–Trinajstić information content (AvgIpc) is 3.23. The Labute approximate surface area is 144 Å². The Morgan fingerprint density at radius 2 is 2.25 bits per heavy atom. The predicted octanol–water partition coefficient (Wildman–Crippen LogP) is 2.32. The van der Waals surface area contributed by atoms with Crippen molar-refractivity contribution in [3.63, 3.8) is 0 Å². The normalized spacial score (nSPS) is 19.5.